The van der Waals surface area contributed by atoms with Crippen molar-refractivity contribution in [2.45, 2.75) is 39.2 Å². The van der Waals surface area contributed by atoms with Crippen molar-refractivity contribution in [2.24, 2.45) is 11.8 Å². The van der Waals surface area contributed by atoms with Crippen molar-refractivity contribution in [3.63, 3.8) is 0 Å². The van der Waals surface area contributed by atoms with Crippen molar-refractivity contribution in [3.05, 3.63) is 41.3 Å². The van der Waals surface area contributed by atoms with E-state index in [1.54, 1.807) is 12.1 Å². The molecular weight excluding hydrogens is 371 g/mol. The smallest absolute Gasteiger partial charge is 0.229 e. The van der Waals surface area contributed by atoms with Gasteiger partial charge in [-0.25, -0.2) is 9.37 Å². The Balaban J connectivity index is 1.47. The van der Waals surface area contributed by atoms with Crippen molar-refractivity contribution in [3.8, 4) is 11.6 Å². The van der Waals surface area contributed by atoms with E-state index >= 15 is 0 Å². The quantitative estimate of drug-likeness (QED) is 0.791. The molecular formula is C22H25FN4O2. The van der Waals surface area contributed by atoms with E-state index < -0.39 is 0 Å². The van der Waals surface area contributed by atoms with Crippen LogP contribution < -0.4 is 9.64 Å². The molecule has 1 amide bonds. The lowest BCUT2D eigenvalue weighted by Gasteiger charge is -2.30. The lowest BCUT2D eigenvalue weighted by Crippen LogP contribution is -2.38. The predicted octanol–water partition coefficient (Wildman–Crippen LogP) is 3.55. The van der Waals surface area contributed by atoms with Crippen LogP contribution in [0.4, 0.5) is 10.3 Å². The van der Waals surface area contributed by atoms with Crippen molar-refractivity contribution < 1.29 is 13.9 Å². The highest BCUT2D eigenvalue weighted by Gasteiger charge is 2.42. The van der Waals surface area contributed by atoms with Crippen LogP contribution in [-0.4, -0.2) is 40.4 Å². The summed E-state index contributed by atoms with van der Waals surface area (Å²) in [6.07, 6.45) is 3.95. The molecule has 1 aliphatic carbocycles. The van der Waals surface area contributed by atoms with Gasteiger partial charge in [0.2, 0.25) is 17.7 Å². The van der Waals surface area contributed by atoms with Gasteiger partial charge < -0.3 is 14.5 Å². The minimum atomic E-state index is -0.310. The minimum absolute atomic E-state index is 0.155. The topological polar surface area (TPSA) is 58.6 Å². The molecule has 2 atom stereocenters. The molecule has 152 valence electrons. The number of rotatable bonds is 4. The highest BCUT2D eigenvalue weighted by molar-refractivity contribution is 5.82. The van der Waals surface area contributed by atoms with Crippen LogP contribution in [0.5, 0.6) is 11.6 Å². The lowest BCUT2D eigenvalue weighted by molar-refractivity contribution is -0.133. The van der Waals surface area contributed by atoms with Crippen LogP contribution in [0.1, 0.15) is 37.4 Å². The summed E-state index contributed by atoms with van der Waals surface area (Å²) in [7, 11) is 0. The number of benzene rings is 1. The second kappa shape index (κ2) is 7.28. The molecule has 0 bridgehead atoms. The van der Waals surface area contributed by atoms with E-state index in [4.69, 9.17) is 14.7 Å². The van der Waals surface area contributed by atoms with Gasteiger partial charge in [0, 0.05) is 32.0 Å². The van der Waals surface area contributed by atoms with Gasteiger partial charge in [-0.05, 0) is 49.4 Å². The van der Waals surface area contributed by atoms with Gasteiger partial charge in [0.05, 0.1) is 17.8 Å². The first-order chi connectivity index (χ1) is 14.1. The van der Waals surface area contributed by atoms with Gasteiger partial charge in [-0.3, -0.25) is 4.79 Å². The zero-order valence-corrected chi connectivity index (χ0v) is 16.6. The molecule has 29 heavy (non-hydrogen) atoms. The number of halogens is 1. The fourth-order valence-corrected chi connectivity index (χ4v) is 4.22. The van der Waals surface area contributed by atoms with E-state index in [1.807, 2.05) is 4.90 Å². The summed E-state index contributed by atoms with van der Waals surface area (Å²) in [6, 6.07) is 5.93. The average molecular weight is 396 g/mol. The van der Waals surface area contributed by atoms with E-state index in [2.05, 4.69) is 11.8 Å². The third-order valence-corrected chi connectivity index (χ3v) is 6.17. The van der Waals surface area contributed by atoms with Gasteiger partial charge in [-0.1, -0.05) is 6.92 Å². The highest BCUT2D eigenvalue weighted by atomic mass is 19.1. The zero-order valence-electron chi connectivity index (χ0n) is 16.6. The summed E-state index contributed by atoms with van der Waals surface area (Å²) in [5.41, 5.74) is 1.82. The molecule has 0 spiro atoms. The number of hydrogen-bond donors (Lipinski definition) is 0. The van der Waals surface area contributed by atoms with Crippen LogP contribution in [0.15, 0.2) is 24.3 Å². The maximum Gasteiger partial charge on any atom is 0.229 e. The molecule has 1 aromatic carbocycles. The molecule has 3 heterocycles. The van der Waals surface area contributed by atoms with Crippen LogP contribution in [0.3, 0.4) is 0 Å². The maximum atomic E-state index is 13.3. The Morgan fingerprint density at radius 2 is 1.86 bits per heavy atom. The van der Waals surface area contributed by atoms with Gasteiger partial charge >= 0.3 is 0 Å². The highest BCUT2D eigenvalue weighted by Crippen LogP contribution is 2.41. The molecule has 2 aromatic rings. The Labute approximate surface area is 169 Å². The first-order valence-electron chi connectivity index (χ1n) is 10.5. The van der Waals surface area contributed by atoms with E-state index in [0.29, 0.717) is 43.0 Å². The van der Waals surface area contributed by atoms with Crippen LogP contribution in [0, 0.1) is 17.7 Å². The van der Waals surface area contributed by atoms with Gasteiger partial charge in [0.25, 0.3) is 0 Å². The van der Waals surface area contributed by atoms with Gasteiger partial charge in [-0.15, -0.1) is 0 Å². The second-order valence-corrected chi connectivity index (χ2v) is 8.33. The Bertz CT molecular complexity index is 927. The molecule has 0 N–H and O–H groups in total. The third kappa shape index (κ3) is 3.66. The fraction of sp³-hybridized carbons (Fsp3) is 0.500. The standard InChI is InChI=1S/C22H25FN4O2/c1-14-12-17(14)21(28)27-11-8-19-18(13-27)20(29-16-6-4-15(23)5-7-16)25-22(24-19)26-9-2-3-10-26/h4-7,14,17H,2-3,8-13H2,1H3/t14-,17-/m1/s1. The van der Waals surface area contributed by atoms with E-state index in [1.165, 1.54) is 12.1 Å². The van der Waals surface area contributed by atoms with Crippen molar-refractivity contribution >= 4 is 11.9 Å². The number of aromatic nitrogens is 2. The molecule has 2 aliphatic heterocycles. The maximum absolute atomic E-state index is 13.3. The summed E-state index contributed by atoms with van der Waals surface area (Å²) < 4.78 is 19.4. The van der Waals surface area contributed by atoms with Gasteiger partial charge in [-0.2, -0.15) is 4.98 Å². The van der Waals surface area contributed by atoms with Crippen molar-refractivity contribution in [1.82, 2.24) is 14.9 Å². The van der Waals surface area contributed by atoms with Crippen molar-refractivity contribution in [1.29, 1.82) is 0 Å². The number of fused-ring (bicyclic) bond motifs is 1. The second-order valence-electron chi connectivity index (χ2n) is 8.33. The molecule has 2 fully saturated rings. The summed E-state index contributed by atoms with van der Waals surface area (Å²) in [5.74, 6) is 2.24. The lowest BCUT2D eigenvalue weighted by atomic mass is 10.1. The Hall–Kier alpha value is -2.70. The summed E-state index contributed by atoms with van der Waals surface area (Å²) in [6.45, 7) is 5.16. The number of anilines is 1. The summed E-state index contributed by atoms with van der Waals surface area (Å²) in [5, 5.41) is 0. The number of hydrogen-bond acceptors (Lipinski definition) is 5. The van der Waals surface area contributed by atoms with Crippen LogP contribution in [-0.2, 0) is 17.8 Å². The molecule has 0 radical (unpaired) electrons. The number of carbonyl (C=O) groups excluding carboxylic acids is 1. The molecule has 5 rings (SSSR count). The third-order valence-electron chi connectivity index (χ3n) is 6.17. The normalized spacial score (nSPS) is 23.1. The van der Waals surface area contributed by atoms with Gasteiger partial charge in [0.1, 0.15) is 11.6 Å². The zero-order chi connectivity index (χ0) is 20.0. The first kappa shape index (κ1) is 18.3. The van der Waals surface area contributed by atoms with Gasteiger partial charge in [0.15, 0.2) is 0 Å². The molecule has 7 heteroatoms. The van der Waals surface area contributed by atoms with E-state index in [9.17, 15) is 9.18 Å². The molecule has 3 aliphatic rings. The predicted molar refractivity (Wildman–Crippen MR) is 106 cm³/mol. The van der Waals surface area contributed by atoms with Crippen LogP contribution >= 0.6 is 0 Å². The molecule has 1 saturated heterocycles. The fourth-order valence-electron chi connectivity index (χ4n) is 4.22. The Morgan fingerprint density at radius 3 is 2.55 bits per heavy atom. The number of carbonyl (C=O) groups is 1. The van der Waals surface area contributed by atoms with E-state index in [-0.39, 0.29) is 17.6 Å². The molecule has 6 nitrogen and oxygen atoms in total. The Morgan fingerprint density at radius 1 is 1.14 bits per heavy atom. The molecule has 1 saturated carbocycles. The summed E-state index contributed by atoms with van der Waals surface area (Å²) in [4.78, 5) is 26.4. The van der Waals surface area contributed by atoms with Crippen LogP contribution in [0.2, 0.25) is 0 Å². The van der Waals surface area contributed by atoms with Crippen molar-refractivity contribution in [2.75, 3.05) is 24.5 Å². The molecule has 1 aromatic heterocycles. The first-order valence-corrected chi connectivity index (χ1v) is 10.5. The van der Waals surface area contributed by atoms with E-state index in [0.717, 1.165) is 43.6 Å². The summed E-state index contributed by atoms with van der Waals surface area (Å²) >= 11 is 0. The van der Waals surface area contributed by atoms with Crippen LogP contribution in [0.25, 0.3) is 0 Å². The number of nitrogens with zero attached hydrogens (tertiary/aromatic N) is 4. The largest absolute Gasteiger partial charge is 0.438 e. The number of ether oxygens (including phenoxy) is 1. The Kier molecular flexibility index (Phi) is 4.60. The number of amides is 1. The monoisotopic (exact) mass is 396 g/mol. The SMILES string of the molecule is C[C@@H]1C[C@H]1C(=O)N1CCc2nc(N3CCCC3)nc(Oc3ccc(F)cc3)c2C1. The molecule has 0 unspecified atom stereocenters. The minimum Gasteiger partial charge on any atom is -0.438 e. The average Bonchev–Trinajstić information content (AvgIpc) is 3.22.